The molecule has 0 fully saturated rings. The molecule has 0 spiro atoms. The predicted octanol–water partition coefficient (Wildman–Crippen LogP) is 3.12. The van der Waals surface area contributed by atoms with Gasteiger partial charge in [0.25, 0.3) is 0 Å². The Hall–Kier alpha value is -3.61. The maximum atomic E-state index is 11.9. The first-order valence-electron chi connectivity index (χ1n) is 8.31. The van der Waals surface area contributed by atoms with E-state index in [2.05, 4.69) is 10.3 Å². The first kappa shape index (κ1) is 16.8. The Balaban J connectivity index is 1.66. The molecular weight excluding hydrogens is 346 g/mol. The van der Waals surface area contributed by atoms with Gasteiger partial charge in [0.1, 0.15) is 22.8 Å². The topological polar surface area (TPSA) is 79.4 Å². The Morgan fingerprint density at radius 1 is 1.00 bits per heavy atom. The summed E-state index contributed by atoms with van der Waals surface area (Å²) in [6, 6.07) is 14.5. The van der Waals surface area contributed by atoms with Crippen LogP contribution in [0.3, 0.4) is 0 Å². The molecule has 0 aliphatic carbocycles. The molecular formula is C20H17N3O4. The molecule has 0 aliphatic heterocycles. The third-order valence-corrected chi connectivity index (χ3v) is 4.29. The lowest BCUT2D eigenvalue weighted by molar-refractivity contribution is 0.414. The van der Waals surface area contributed by atoms with Crippen molar-refractivity contribution in [2.24, 2.45) is 0 Å². The highest BCUT2D eigenvalue weighted by Crippen LogP contribution is 2.24. The number of aromatic nitrogens is 3. The van der Waals surface area contributed by atoms with Crippen LogP contribution >= 0.6 is 0 Å². The Kier molecular flexibility index (Phi) is 4.33. The minimum absolute atomic E-state index is 0.400. The number of rotatable bonds is 5. The number of nitrogens with zero attached hydrogens (tertiary/aromatic N) is 3. The summed E-state index contributed by atoms with van der Waals surface area (Å²) >= 11 is 0. The number of hydrogen-bond acceptors (Lipinski definition) is 6. The molecule has 27 heavy (non-hydrogen) atoms. The van der Waals surface area contributed by atoms with E-state index in [1.54, 1.807) is 25.0 Å². The standard InChI is InChI=1S/C20H17N3O4/c1-25-15-5-3-13(4-6-15)18-12-23(22-21-18)11-14-9-20(24)27-19-10-16(26-2)7-8-17(14)19/h3-10,12H,11H2,1-2H3. The van der Waals surface area contributed by atoms with Gasteiger partial charge in [0.2, 0.25) is 0 Å². The highest BCUT2D eigenvalue weighted by atomic mass is 16.5. The van der Waals surface area contributed by atoms with Crippen LogP contribution in [0.25, 0.3) is 22.2 Å². The van der Waals surface area contributed by atoms with Gasteiger partial charge in [-0.3, -0.25) is 0 Å². The maximum Gasteiger partial charge on any atom is 0.336 e. The molecule has 0 atom stereocenters. The van der Waals surface area contributed by atoms with Gasteiger partial charge in [0.05, 0.1) is 27.0 Å². The molecule has 0 aliphatic rings. The van der Waals surface area contributed by atoms with E-state index in [1.807, 2.05) is 42.6 Å². The molecule has 136 valence electrons. The van der Waals surface area contributed by atoms with E-state index in [0.29, 0.717) is 17.9 Å². The minimum Gasteiger partial charge on any atom is -0.497 e. The van der Waals surface area contributed by atoms with Crippen molar-refractivity contribution in [2.45, 2.75) is 6.54 Å². The van der Waals surface area contributed by atoms with Crippen LogP contribution in [-0.4, -0.2) is 29.2 Å². The van der Waals surface area contributed by atoms with Crippen LogP contribution in [-0.2, 0) is 6.54 Å². The van der Waals surface area contributed by atoms with Crippen molar-refractivity contribution in [3.05, 3.63) is 70.7 Å². The third kappa shape index (κ3) is 3.39. The van der Waals surface area contributed by atoms with E-state index >= 15 is 0 Å². The van der Waals surface area contributed by atoms with Crippen LogP contribution in [0, 0.1) is 0 Å². The summed E-state index contributed by atoms with van der Waals surface area (Å²) in [6.07, 6.45) is 1.84. The number of methoxy groups -OCH3 is 2. The fourth-order valence-corrected chi connectivity index (χ4v) is 2.91. The van der Waals surface area contributed by atoms with E-state index in [0.717, 1.165) is 28.0 Å². The molecule has 0 bridgehead atoms. The summed E-state index contributed by atoms with van der Waals surface area (Å²) in [6.45, 7) is 0.400. The van der Waals surface area contributed by atoms with Gasteiger partial charge in [-0.25, -0.2) is 9.48 Å². The van der Waals surface area contributed by atoms with Crippen LogP contribution in [0.15, 0.2) is 63.9 Å². The van der Waals surface area contributed by atoms with Gasteiger partial charge in [-0.1, -0.05) is 5.21 Å². The first-order chi connectivity index (χ1) is 13.2. The van der Waals surface area contributed by atoms with E-state index in [9.17, 15) is 4.79 Å². The normalized spacial score (nSPS) is 10.9. The molecule has 0 amide bonds. The van der Waals surface area contributed by atoms with E-state index in [4.69, 9.17) is 13.9 Å². The first-order valence-corrected chi connectivity index (χ1v) is 8.31. The van der Waals surface area contributed by atoms with Gasteiger partial charge in [-0.2, -0.15) is 0 Å². The summed E-state index contributed by atoms with van der Waals surface area (Å²) in [7, 11) is 3.20. The van der Waals surface area contributed by atoms with Crippen LogP contribution < -0.4 is 15.1 Å². The molecule has 4 aromatic rings. The van der Waals surface area contributed by atoms with Crippen LogP contribution in [0.4, 0.5) is 0 Å². The smallest absolute Gasteiger partial charge is 0.336 e. The molecule has 2 aromatic carbocycles. The van der Waals surface area contributed by atoms with E-state index in [1.165, 1.54) is 6.07 Å². The number of benzene rings is 2. The van der Waals surface area contributed by atoms with Crippen molar-refractivity contribution in [2.75, 3.05) is 14.2 Å². The largest absolute Gasteiger partial charge is 0.497 e. The lowest BCUT2D eigenvalue weighted by Gasteiger charge is -2.06. The molecule has 0 saturated heterocycles. The summed E-state index contributed by atoms with van der Waals surface area (Å²) in [5, 5.41) is 9.23. The molecule has 0 N–H and O–H groups in total. The van der Waals surface area contributed by atoms with Gasteiger partial charge in [-0.15, -0.1) is 5.10 Å². The quantitative estimate of drug-likeness (QED) is 0.507. The SMILES string of the molecule is COc1ccc(-c2cn(Cc3cc(=O)oc4cc(OC)ccc34)nn2)cc1. The Morgan fingerprint density at radius 3 is 2.48 bits per heavy atom. The Labute approximate surface area is 154 Å². The second kappa shape index (κ2) is 6.95. The van der Waals surface area contributed by atoms with E-state index < -0.39 is 5.63 Å². The zero-order chi connectivity index (χ0) is 18.8. The van der Waals surface area contributed by atoms with E-state index in [-0.39, 0.29) is 0 Å². The van der Waals surface area contributed by atoms with Crippen molar-refractivity contribution in [1.29, 1.82) is 0 Å². The van der Waals surface area contributed by atoms with Crippen molar-refractivity contribution < 1.29 is 13.9 Å². The number of ether oxygens (including phenoxy) is 2. The summed E-state index contributed by atoms with van der Waals surface area (Å²) in [5.41, 5.74) is 2.54. The third-order valence-electron chi connectivity index (χ3n) is 4.29. The predicted molar refractivity (Wildman–Crippen MR) is 100 cm³/mol. The lowest BCUT2D eigenvalue weighted by Crippen LogP contribution is -2.06. The molecule has 0 saturated carbocycles. The highest BCUT2D eigenvalue weighted by molar-refractivity contribution is 5.81. The second-order valence-electron chi connectivity index (χ2n) is 5.98. The number of fused-ring (bicyclic) bond motifs is 1. The zero-order valence-electron chi connectivity index (χ0n) is 14.9. The second-order valence-corrected chi connectivity index (χ2v) is 5.98. The highest BCUT2D eigenvalue weighted by Gasteiger charge is 2.10. The van der Waals surface area contributed by atoms with Crippen LogP contribution in [0.1, 0.15) is 5.56 Å². The Bertz CT molecular complexity index is 1150. The van der Waals surface area contributed by atoms with Crippen molar-refractivity contribution in [1.82, 2.24) is 15.0 Å². The lowest BCUT2D eigenvalue weighted by atomic mass is 10.1. The molecule has 7 nitrogen and oxygen atoms in total. The van der Waals surface area contributed by atoms with Crippen LogP contribution in [0.2, 0.25) is 0 Å². The fraction of sp³-hybridized carbons (Fsp3) is 0.150. The molecule has 7 heteroatoms. The van der Waals surface area contributed by atoms with Gasteiger partial charge in [0, 0.05) is 23.1 Å². The van der Waals surface area contributed by atoms with Crippen molar-refractivity contribution >= 4 is 11.0 Å². The zero-order valence-corrected chi connectivity index (χ0v) is 14.9. The summed E-state index contributed by atoms with van der Waals surface area (Å²) in [4.78, 5) is 11.9. The minimum atomic E-state index is -0.416. The molecule has 4 rings (SSSR count). The summed E-state index contributed by atoms with van der Waals surface area (Å²) in [5.74, 6) is 1.41. The summed E-state index contributed by atoms with van der Waals surface area (Å²) < 4.78 is 17.3. The molecule has 0 radical (unpaired) electrons. The average Bonchev–Trinajstić information content (AvgIpc) is 3.16. The van der Waals surface area contributed by atoms with Crippen molar-refractivity contribution in [3.63, 3.8) is 0 Å². The fourth-order valence-electron chi connectivity index (χ4n) is 2.91. The molecule has 0 unspecified atom stereocenters. The van der Waals surface area contributed by atoms with Crippen molar-refractivity contribution in [3.8, 4) is 22.8 Å². The Morgan fingerprint density at radius 2 is 1.74 bits per heavy atom. The molecule has 2 aromatic heterocycles. The van der Waals surface area contributed by atoms with Gasteiger partial charge >= 0.3 is 5.63 Å². The number of hydrogen-bond donors (Lipinski definition) is 0. The van der Waals surface area contributed by atoms with Gasteiger partial charge < -0.3 is 13.9 Å². The monoisotopic (exact) mass is 363 g/mol. The molecule has 2 heterocycles. The van der Waals surface area contributed by atoms with Gasteiger partial charge in [0.15, 0.2) is 0 Å². The van der Waals surface area contributed by atoms with Gasteiger partial charge in [-0.05, 0) is 42.0 Å². The maximum absolute atomic E-state index is 11.9. The van der Waals surface area contributed by atoms with Crippen LogP contribution in [0.5, 0.6) is 11.5 Å². The average molecular weight is 363 g/mol.